The van der Waals surface area contributed by atoms with E-state index in [0.717, 1.165) is 67.2 Å². The maximum Gasteiger partial charge on any atom is 0.254 e. The molecule has 0 spiro atoms. The number of furan rings is 1. The zero-order chi connectivity index (χ0) is 98.1. The van der Waals surface area contributed by atoms with Gasteiger partial charge >= 0.3 is 0 Å². The van der Waals surface area contributed by atoms with Gasteiger partial charge in [-0.15, -0.1) is 34.0 Å². The van der Waals surface area contributed by atoms with Crippen LogP contribution in [0.5, 0.6) is 0 Å². The number of aryl methyl sites for hydroxylation is 1. The van der Waals surface area contributed by atoms with Crippen molar-refractivity contribution < 1.29 is 4.42 Å². The molecule has 24 rings (SSSR count). The van der Waals surface area contributed by atoms with Crippen molar-refractivity contribution in [2.75, 3.05) is 19.6 Å². The molecule has 16 aromatic rings. The molecule has 4 aromatic heterocycles. The summed E-state index contributed by atoms with van der Waals surface area (Å²) in [6, 6.07) is 80.8. The average molecular weight is 1880 g/mol. The Morgan fingerprint density at radius 3 is 1.34 bits per heavy atom. The molecule has 1 unspecified atom stereocenters. The topological polar surface area (TPSA) is 26.1 Å². The Bertz CT molecular complexity index is 8040. The first-order valence-corrected chi connectivity index (χ1v) is 54.7. The zero-order valence-electron chi connectivity index (χ0n) is 88.8. The number of benzene rings is 12. The Kier molecular flexibility index (Phi) is 19.3. The SMILES string of the molecule is Cc1cc2c3c(c1)N(c1cccc4sc5ccc(C(C)(C)C)cc5c14)c1cc(C(C)(C)C)ccc1B3c1c(sc3cc4c(cc13)C(C)(C)C(CC(C)(C)c1cc3c5c(c1)N(c1ccc(C(C)(C)C)c6oc7ccccc7c16)c1ccc(C(C)(C)C)cc1B5c1c(sc5cc6c(cc15)C(C)(C)CCC6(C)C)N3c1ccc3c(c1)C(C)(C)CCC3(C)C)CC4(C)C)N2c1ccc2c(c1)C(C)(C)CCC2(C)C. The summed E-state index contributed by atoms with van der Waals surface area (Å²) in [7, 11) is 0. The van der Waals surface area contributed by atoms with Crippen LogP contribution in [0.25, 0.3) is 62.3 Å². The first-order valence-electron chi connectivity index (χ1n) is 52.3. The maximum atomic E-state index is 7.37. The van der Waals surface area contributed by atoms with Crippen molar-refractivity contribution in [1.29, 1.82) is 0 Å². The van der Waals surface area contributed by atoms with E-state index in [-0.39, 0.29) is 84.3 Å². The first-order chi connectivity index (χ1) is 65.0. The summed E-state index contributed by atoms with van der Waals surface area (Å²) < 4.78 is 12.8. The Morgan fingerprint density at radius 1 is 0.317 bits per heavy atom. The molecule has 10 heteroatoms. The van der Waals surface area contributed by atoms with Crippen molar-refractivity contribution in [2.24, 2.45) is 5.92 Å². The minimum absolute atomic E-state index is 0.00437. The zero-order valence-corrected chi connectivity index (χ0v) is 91.2. The molecule has 139 heavy (non-hydrogen) atoms. The van der Waals surface area contributed by atoms with Gasteiger partial charge in [-0.1, -0.05) is 281 Å². The maximum absolute atomic E-state index is 7.37. The molecule has 4 aliphatic heterocycles. The lowest BCUT2D eigenvalue weighted by atomic mass is 9.33. The van der Waals surface area contributed by atoms with Crippen LogP contribution in [0, 0.1) is 12.8 Å². The summed E-state index contributed by atoms with van der Waals surface area (Å²) in [5.41, 5.74) is 41.4. The largest absolute Gasteiger partial charge is 0.456 e. The van der Waals surface area contributed by atoms with Gasteiger partial charge in [-0.25, -0.2) is 0 Å². The second kappa shape index (κ2) is 29.4. The number of anilines is 12. The van der Waals surface area contributed by atoms with Gasteiger partial charge < -0.3 is 24.0 Å². The lowest BCUT2D eigenvalue weighted by Crippen LogP contribution is -2.61. The van der Waals surface area contributed by atoms with Gasteiger partial charge in [0.2, 0.25) is 0 Å². The number of thiophene rings is 3. The molecule has 8 heterocycles. The third-order valence-corrected chi connectivity index (χ3v) is 39.9. The molecule has 0 radical (unpaired) electrons. The van der Waals surface area contributed by atoms with Crippen molar-refractivity contribution in [3.8, 4) is 0 Å². The van der Waals surface area contributed by atoms with Gasteiger partial charge in [0.25, 0.3) is 13.4 Å². The standard InChI is InChI=1S/C129H142B2N4OS3/c1-72-57-99-112-100(58-72)135(96-36-34-38-105-108(96)81-59-73(117(2,3)4)41-50-104(81)137-105)98-61-75(119(8,9)10)39-47-93(98)130(112)110-83-67-92-91(69-107(83)139-115(110)132(99)78-42-44-84-87(64-78)123(18,19)53-51-121(84,14)15)128(28,29)71-77(129(92,30)31)70-127(26,27)76-62-101-113-102(63-76)134(97-49-46-86(120(11,12)13)114-109(97)80-35-32-33-37-103(80)136-114)95-48-40-74(118(5,6)7)60-94(95)131(113)111-82-66-89-90(126(24,25)56-55-125(89,22)23)68-106(82)138-116(111)133(101)79-43-45-85-88(65-79)124(20,21)54-52-122(85,16)17/h32-50,57-69,77H,51-56,70-71H2,1-31H3. The third-order valence-electron chi connectivity index (χ3n) is 36.4. The molecule has 0 saturated heterocycles. The molecule has 708 valence electrons. The predicted molar refractivity (Wildman–Crippen MR) is 609 cm³/mol. The number of para-hydroxylation sites is 1. The monoisotopic (exact) mass is 1880 g/mol. The number of fused-ring (bicyclic) bond motifs is 22. The summed E-state index contributed by atoms with van der Waals surface area (Å²) in [5, 5.41) is 10.5. The van der Waals surface area contributed by atoms with Crippen molar-refractivity contribution in [2.45, 2.75) is 336 Å². The lowest BCUT2D eigenvalue weighted by molar-refractivity contribution is 0.173. The molecule has 0 N–H and O–H groups in total. The first kappa shape index (κ1) is 91.4. The van der Waals surface area contributed by atoms with E-state index < -0.39 is 5.41 Å². The quantitative estimate of drug-likeness (QED) is 0.148. The molecule has 0 fully saturated rings. The van der Waals surface area contributed by atoms with Crippen LogP contribution in [-0.4, -0.2) is 13.4 Å². The van der Waals surface area contributed by atoms with E-state index in [1.165, 1.54) is 224 Å². The second-order valence-corrected chi connectivity index (χ2v) is 57.2. The van der Waals surface area contributed by atoms with E-state index in [2.05, 4.69) is 451 Å². The van der Waals surface area contributed by atoms with E-state index in [4.69, 9.17) is 4.42 Å². The highest BCUT2D eigenvalue weighted by atomic mass is 32.1. The molecule has 0 amide bonds. The summed E-state index contributed by atoms with van der Waals surface area (Å²) >= 11 is 6.05. The lowest BCUT2D eigenvalue weighted by Gasteiger charge is -2.50. The van der Waals surface area contributed by atoms with Gasteiger partial charge in [-0.05, 0) is 372 Å². The van der Waals surface area contributed by atoms with Crippen LogP contribution in [0.15, 0.2) is 199 Å². The van der Waals surface area contributed by atoms with Crippen LogP contribution in [0.3, 0.4) is 0 Å². The summed E-state index contributed by atoms with van der Waals surface area (Å²) in [6.45, 7) is 76.8. The van der Waals surface area contributed by atoms with Crippen molar-refractivity contribution in [3.63, 3.8) is 0 Å². The van der Waals surface area contributed by atoms with Crippen molar-refractivity contribution in [1.82, 2.24) is 0 Å². The number of rotatable bonds is 7. The fourth-order valence-electron chi connectivity index (χ4n) is 27.5. The fraction of sp³-hybridized carbons (Fsp3) is 0.411. The molecule has 4 aliphatic carbocycles. The fourth-order valence-corrected chi connectivity index (χ4v) is 31.2. The van der Waals surface area contributed by atoms with E-state index in [1.54, 1.807) is 0 Å². The van der Waals surface area contributed by atoms with E-state index in [1.807, 2.05) is 11.3 Å². The van der Waals surface area contributed by atoms with Gasteiger partial charge in [0, 0.05) is 86.0 Å². The summed E-state index contributed by atoms with van der Waals surface area (Å²) in [5.74, 6) is 0.257. The highest BCUT2D eigenvalue weighted by Gasteiger charge is 2.55. The van der Waals surface area contributed by atoms with Crippen LogP contribution in [-0.2, 0) is 70.4 Å². The average Bonchev–Trinajstić information content (AvgIpc) is 1.59. The molecule has 12 aromatic carbocycles. The van der Waals surface area contributed by atoms with Gasteiger partial charge in [-0.3, -0.25) is 0 Å². The van der Waals surface area contributed by atoms with Crippen LogP contribution < -0.4 is 52.4 Å². The van der Waals surface area contributed by atoms with Gasteiger partial charge in [-0.2, -0.15) is 0 Å². The van der Waals surface area contributed by atoms with E-state index in [0.29, 0.717) is 0 Å². The van der Waals surface area contributed by atoms with Gasteiger partial charge in [0.05, 0.1) is 26.8 Å². The van der Waals surface area contributed by atoms with Gasteiger partial charge in [0.1, 0.15) is 11.2 Å². The normalized spacial score (nSPS) is 19.3. The highest BCUT2D eigenvalue weighted by Crippen LogP contribution is 2.62. The number of nitrogens with zero attached hydrogens (tertiary/aromatic N) is 4. The molecule has 5 nitrogen and oxygen atoms in total. The number of hydrogen-bond donors (Lipinski definition) is 0. The van der Waals surface area contributed by atoms with Crippen LogP contribution in [0.2, 0.25) is 0 Å². The van der Waals surface area contributed by atoms with Crippen molar-refractivity contribution >= 4 is 209 Å². The molecule has 0 bridgehead atoms. The Hall–Kier alpha value is -10.1. The van der Waals surface area contributed by atoms with Gasteiger partial charge in [0.15, 0.2) is 0 Å². The highest BCUT2D eigenvalue weighted by molar-refractivity contribution is 7.28. The third kappa shape index (κ3) is 13.5. The molecule has 8 aliphatic rings. The van der Waals surface area contributed by atoms with Crippen molar-refractivity contribution in [3.05, 3.63) is 272 Å². The minimum Gasteiger partial charge on any atom is -0.456 e. The van der Waals surface area contributed by atoms with E-state index >= 15 is 0 Å². The minimum atomic E-state index is -0.391. The molecule has 1 atom stereocenters. The van der Waals surface area contributed by atoms with Crippen LogP contribution in [0.4, 0.5) is 66.9 Å². The van der Waals surface area contributed by atoms with Crippen LogP contribution in [0.1, 0.15) is 337 Å². The number of hydrogen-bond acceptors (Lipinski definition) is 8. The summed E-state index contributed by atoms with van der Waals surface area (Å²) in [4.78, 5) is 11.1. The Labute approximate surface area is 841 Å². The second-order valence-electron chi connectivity index (χ2n) is 54.1. The predicted octanol–water partition coefficient (Wildman–Crippen LogP) is 34.0. The molecular formula is C129H142B2N4OS3. The van der Waals surface area contributed by atoms with Crippen LogP contribution >= 0.6 is 34.0 Å². The Morgan fingerprint density at radius 2 is 0.770 bits per heavy atom. The smallest absolute Gasteiger partial charge is 0.254 e. The van der Waals surface area contributed by atoms with E-state index in [9.17, 15) is 0 Å². The molecule has 0 saturated carbocycles. The summed E-state index contributed by atoms with van der Waals surface area (Å²) in [6.07, 6.45) is 8.91. The Balaban J connectivity index is 0.737. The molecular weight excluding hydrogens is 1740 g/mol.